The van der Waals surface area contributed by atoms with E-state index in [0.717, 1.165) is 42.0 Å². The Morgan fingerprint density at radius 2 is 1.93 bits per heavy atom. The van der Waals surface area contributed by atoms with Crippen LogP contribution in [0, 0.1) is 6.92 Å². The van der Waals surface area contributed by atoms with Crippen molar-refractivity contribution in [2.75, 3.05) is 29.9 Å². The van der Waals surface area contributed by atoms with Crippen LogP contribution in [0.3, 0.4) is 0 Å². The van der Waals surface area contributed by atoms with Crippen molar-refractivity contribution >= 4 is 22.9 Å². The maximum atomic E-state index is 12.5. The number of H-pyrrole nitrogens is 1. The normalized spacial score (nSPS) is 14.6. The van der Waals surface area contributed by atoms with Gasteiger partial charge >= 0.3 is 0 Å². The summed E-state index contributed by atoms with van der Waals surface area (Å²) in [6.45, 7) is 4.90. The second kappa shape index (κ2) is 8.59. The molecule has 1 aromatic heterocycles. The van der Waals surface area contributed by atoms with Crippen molar-refractivity contribution in [3.8, 4) is 11.3 Å². The predicted octanol–water partition coefficient (Wildman–Crippen LogP) is 3.64. The Balaban J connectivity index is 1.66. The molecule has 2 aromatic carbocycles. The van der Waals surface area contributed by atoms with Crippen LogP contribution in [0.5, 0.6) is 0 Å². The lowest BCUT2D eigenvalue weighted by atomic mass is 10.0. The van der Waals surface area contributed by atoms with Gasteiger partial charge in [-0.25, -0.2) is 4.98 Å². The molecule has 1 aliphatic rings. The van der Waals surface area contributed by atoms with Gasteiger partial charge in [-0.3, -0.25) is 9.69 Å². The third-order valence-corrected chi connectivity index (χ3v) is 5.66. The van der Waals surface area contributed by atoms with Gasteiger partial charge in [0.15, 0.2) is 5.82 Å². The molecule has 0 amide bonds. The molecule has 1 saturated heterocycles. The smallest absolute Gasteiger partial charge is 0.291 e. The lowest BCUT2D eigenvalue weighted by molar-refractivity contribution is 0.221. The summed E-state index contributed by atoms with van der Waals surface area (Å²) in [5.41, 5.74) is 17.6. The standard InChI is InChI=1S/C23H28N6O/c1-15-18(6-5-7-19(15)25)21-13-26-23(30)22(28-21)27-20-9-8-17(24)12-16(20)14-29-10-3-2-4-11-29/h5-9,12-13H,2-4,10-11,14,24-25H2,1H3,(H,26,30)(H,27,28). The monoisotopic (exact) mass is 404 g/mol. The molecule has 0 aliphatic carbocycles. The molecule has 0 unspecified atom stereocenters. The van der Waals surface area contributed by atoms with E-state index in [9.17, 15) is 4.79 Å². The summed E-state index contributed by atoms with van der Waals surface area (Å²) in [6, 6.07) is 11.4. The Morgan fingerprint density at radius 3 is 2.73 bits per heavy atom. The molecule has 1 aliphatic heterocycles. The first-order valence-electron chi connectivity index (χ1n) is 10.3. The second-order valence-corrected chi connectivity index (χ2v) is 7.86. The van der Waals surface area contributed by atoms with Crippen LogP contribution in [0.1, 0.15) is 30.4 Å². The van der Waals surface area contributed by atoms with Crippen LogP contribution in [0.4, 0.5) is 22.9 Å². The third-order valence-electron chi connectivity index (χ3n) is 5.66. The van der Waals surface area contributed by atoms with Crippen LogP contribution < -0.4 is 22.3 Å². The summed E-state index contributed by atoms with van der Waals surface area (Å²) < 4.78 is 0. The van der Waals surface area contributed by atoms with Crippen molar-refractivity contribution in [2.24, 2.45) is 0 Å². The molecule has 30 heavy (non-hydrogen) atoms. The van der Waals surface area contributed by atoms with E-state index in [1.165, 1.54) is 19.3 Å². The Hall–Kier alpha value is -3.32. The number of nitrogens with two attached hydrogens (primary N) is 2. The zero-order valence-corrected chi connectivity index (χ0v) is 17.2. The molecular weight excluding hydrogens is 376 g/mol. The fourth-order valence-electron chi connectivity index (χ4n) is 3.91. The number of hydrogen-bond acceptors (Lipinski definition) is 6. The van der Waals surface area contributed by atoms with Gasteiger partial charge in [-0.15, -0.1) is 0 Å². The number of nitrogens with zero attached hydrogens (tertiary/aromatic N) is 2. The molecule has 7 heteroatoms. The maximum Gasteiger partial charge on any atom is 0.291 e. The van der Waals surface area contributed by atoms with Gasteiger partial charge in [0, 0.05) is 35.4 Å². The first-order chi connectivity index (χ1) is 14.5. The second-order valence-electron chi connectivity index (χ2n) is 7.86. The highest BCUT2D eigenvalue weighted by atomic mass is 16.1. The van der Waals surface area contributed by atoms with Crippen LogP contribution in [-0.2, 0) is 6.54 Å². The van der Waals surface area contributed by atoms with Gasteiger partial charge in [0.1, 0.15) is 0 Å². The van der Waals surface area contributed by atoms with E-state index >= 15 is 0 Å². The minimum absolute atomic E-state index is 0.249. The van der Waals surface area contributed by atoms with E-state index < -0.39 is 0 Å². The molecule has 0 spiro atoms. The van der Waals surface area contributed by atoms with Gasteiger partial charge < -0.3 is 21.8 Å². The van der Waals surface area contributed by atoms with Crippen LogP contribution in [0.15, 0.2) is 47.4 Å². The number of likely N-dealkylation sites (tertiary alicyclic amines) is 1. The molecule has 1 fully saturated rings. The van der Waals surface area contributed by atoms with Gasteiger partial charge in [0.05, 0.1) is 5.69 Å². The number of aromatic nitrogens is 2. The fourth-order valence-corrected chi connectivity index (χ4v) is 3.91. The van der Waals surface area contributed by atoms with Crippen molar-refractivity contribution in [2.45, 2.75) is 32.7 Å². The molecule has 3 aromatic rings. The van der Waals surface area contributed by atoms with E-state index in [1.54, 1.807) is 6.20 Å². The van der Waals surface area contributed by atoms with E-state index in [-0.39, 0.29) is 11.4 Å². The van der Waals surface area contributed by atoms with Gasteiger partial charge in [-0.1, -0.05) is 18.6 Å². The number of benzene rings is 2. The highest BCUT2D eigenvalue weighted by Gasteiger charge is 2.15. The molecule has 7 nitrogen and oxygen atoms in total. The van der Waals surface area contributed by atoms with E-state index in [4.69, 9.17) is 11.5 Å². The highest BCUT2D eigenvalue weighted by Crippen LogP contribution is 2.27. The highest BCUT2D eigenvalue weighted by molar-refractivity contribution is 5.71. The predicted molar refractivity (Wildman–Crippen MR) is 123 cm³/mol. The van der Waals surface area contributed by atoms with Gasteiger partial charge in [0.25, 0.3) is 5.56 Å². The van der Waals surface area contributed by atoms with Crippen molar-refractivity contribution < 1.29 is 0 Å². The zero-order valence-electron chi connectivity index (χ0n) is 17.2. The van der Waals surface area contributed by atoms with Crippen LogP contribution in [-0.4, -0.2) is 28.0 Å². The molecule has 2 heterocycles. The number of hydrogen-bond donors (Lipinski definition) is 4. The number of anilines is 4. The lowest BCUT2D eigenvalue weighted by Gasteiger charge is -2.27. The molecule has 156 valence electrons. The van der Waals surface area contributed by atoms with E-state index in [1.807, 2.05) is 43.3 Å². The van der Waals surface area contributed by atoms with Crippen molar-refractivity contribution in [3.63, 3.8) is 0 Å². The summed E-state index contributed by atoms with van der Waals surface area (Å²) in [6.07, 6.45) is 5.34. The first-order valence-corrected chi connectivity index (χ1v) is 10.3. The largest absolute Gasteiger partial charge is 0.399 e. The van der Waals surface area contributed by atoms with Crippen LogP contribution >= 0.6 is 0 Å². The quantitative estimate of drug-likeness (QED) is 0.483. The number of aromatic amines is 1. The average molecular weight is 405 g/mol. The topological polar surface area (TPSA) is 113 Å². The van der Waals surface area contributed by atoms with Crippen molar-refractivity contribution in [1.29, 1.82) is 0 Å². The minimum atomic E-state index is -0.277. The van der Waals surface area contributed by atoms with Crippen molar-refractivity contribution in [1.82, 2.24) is 14.9 Å². The van der Waals surface area contributed by atoms with E-state index in [2.05, 4.69) is 20.2 Å². The van der Waals surface area contributed by atoms with Crippen molar-refractivity contribution in [3.05, 3.63) is 64.1 Å². The number of rotatable bonds is 5. The van der Waals surface area contributed by atoms with Crippen LogP contribution in [0.2, 0.25) is 0 Å². The summed E-state index contributed by atoms with van der Waals surface area (Å²) in [7, 11) is 0. The number of piperidine rings is 1. The Kier molecular flexibility index (Phi) is 5.72. The molecular formula is C23H28N6O. The summed E-state index contributed by atoms with van der Waals surface area (Å²) >= 11 is 0. The molecule has 0 bridgehead atoms. The Morgan fingerprint density at radius 1 is 1.13 bits per heavy atom. The fraction of sp³-hybridized carbons (Fsp3) is 0.304. The SMILES string of the molecule is Cc1c(N)cccc1-c1c[nH]c(=O)c(Nc2ccc(N)cc2CN2CCCCC2)n1. The zero-order chi connectivity index (χ0) is 21.1. The average Bonchev–Trinajstić information content (AvgIpc) is 2.74. The van der Waals surface area contributed by atoms with E-state index in [0.29, 0.717) is 17.1 Å². The number of nitrogen functional groups attached to an aromatic ring is 2. The third kappa shape index (κ3) is 4.31. The van der Waals surface area contributed by atoms with Gasteiger partial charge in [0.2, 0.25) is 0 Å². The molecule has 0 saturated carbocycles. The first kappa shape index (κ1) is 20.0. The van der Waals surface area contributed by atoms with Crippen LogP contribution in [0.25, 0.3) is 11.3 Å². The molecule has 6 N–H and O–H groups in total. The Bertz CT molecular complexity index is 1100. The van der Waals surface area contributed by atoms with Gasteiger partial charge in [-0.05, 0) is 68.2 Å². The summed E-state index contributed by atoms with van der Waals surface area (Å²) in [5.74, 6) is 0.249. The summed E-state index contributed by atoms with van der Waals surface area (Å²) in [5, 5.41) is 3.23. The Labute approximate surface area is 176 Å². The number of nitrogens with one attached hydrogen (secondary N) is 2. The maximum absolute atomic E-state index is 12.5. The lowest BCUT2D eigenvalue weighted by Crippen LogP contribution is -2.29. The van der Waals surface area contributed by atoms with Gasteiger partial charge in [-0.2, -0.15) is 0 Å². The molecule has 0 radical (unpaired) electrons. The molecule has 0 atom stereocenters. The summed E-state index contributed by atoms with van der Waals surface area (Å²) in [4.78, 5) is 22.3. The molecule has 4 rings (SSSR count). The minimum Gasteiger partial charge on any atom is -0.399 e.